The SMILES string of the molecule is Cc1c(N)cc(S(=O)(=O)N2CC(C)OCC2C)cc1Cl. The molecule has 0 amide bonds. The first-order valence-electron chi connectivity index (χ1n) is 6.42. The van der Waals surface area contributed by atoms with Crippen molar-refractivity contribution >= 4 is 27.3 Å². The molecule has 0 radical (unpaired) electrons. The zero-order valence-corrected chi connectivity index (χ0v) is 13.3. The highest BCUT2D eigenvalue weighted by molar-refractivity contribution is 7.89. The quantitative estimate of drug-likeness (QED) is 0.847. The molecule has 20 heavy (non-hydrogen) atoms. The van der Waals surface area contributed by atoms with Crippen molar-refractivity contribution in [1.29, 1.82) is 0 Å². The van der Waals surface area contributed by atoms with Crippen LogP contribution in [0.4, 0.5) is 5.69 Å². The molecular weight excluding hydrogens is 300 g/mol. The van der Waals surface area contributed by atoms with Crippen molar-refractivity contribution in [2.24, 2.45) is 0 Å². The van der Waals surface area contributed by atoms with E-state index in [1.165, 1.54) is 16.4 Å². The molecule has 1 fully saturated rings. The van der Waals surface area contributed by atoms with Crippen LogP contribution in [0.15, 0.2) is 17.0 Å². The van der Waals surface area contributed by atoms with Gasteiger partial charge in [0.25, 0.3) is 0 Å². The van der Waals surface area contributed by atoms with E-state index in [2.05, 4.69) is 0 Å². The molecule has 112 valence electrons. The second-order valence-electron chi connectivity index (χ2n) is 5.19. The lowest BCUT2D eigenvalue weighted by molar-refractivity contribution is -0.0170. The molecule has 2 unspecified atom stereocenters. The van der Waals surface area contributed by atoms with Crippen LogP contribution in [0.25, 0.3) is 0 Å². The van der Waals surface area contributed by atoms with E-state index in [1.807, 2.05) is 13.8 Å². The molecule has 1 aliphatic heterocycles. The number of benzene rings is 1. The Kier molecular flexibility index (Phi) is 4.30. The van der Waals surface area contributed by atoms with Crippen LogP contribution in [-0.2, 0) is 14.8 Å². The maximum Gasteiger partial charge on any atom is 0.243 e. The Morgan fingerprint density at radius 3 is 2.65 bits per heavy atom. The van der Waals surface area contributed by atoms with Gasteiger partial charge < -0.3 is 10.5 Å². The number of halogens is 1. The summed E-state index contributed by atoms with van der Waals surface area (Å²) in [5.74, 6) is 0. The minimum atomic E-state index is -3.62. The molecule has 1 saturated heterocycles. The second kappa shape index (κ2) is 5.52. The summed E-state index contributed by atoms with van der Waals surface area (Å²) in [6.07, 6.45) is -0.126. The zero-order chi connectivity index (χ0) is 15.1. The molecule has 2 rings (SSSR count). The lowest BCUT2D eigenvalue weighted by Crippen LogP contribution is -2.50. The fourth-order valence-corrected chi connectivity index (χ4v) is 4.21. The molecule has 0 aliphatic carbocycles. The summed E-state index contributed by atoms with van der Waals surface area (Å²) in [5, 5.41) is 0.359. The van der Waals surface area contributed by atoms with Crippen molar-refractivity contribution < 1.29 is 13.2 Å². The predicted octanol–water partition coefficient (Wildman–Crippen LogP) is 2.03. The normalized spacial score (nSPS) is 24.8. The van der Waals surface area contributed by atoms with Gasteiger partial charge in [0.1, 0.15) is 0 Å². The fraction of sp³-hybridized carbons (Fsp3) is 0.538. The molecule has 5 nitrogen and oxygen atoms in total. The van der Waals surface area contributed by atoms with Crippen LogP contribution >= 0.6 is 11.6 Å². The molecule has 0 spiro atoms. The molecule has 0 aromatic heterocycles. The van der Waals surface area contributed by atoms with E-state index in [1.54, 1.807) is 6.92 Å². The highest BCUT2D eigenvalue weighted by Gasteiger charge is 2.34. The standard InChI is InChI=1S/C13H19ClN2O3S/c1-8-7-19-9(2)6-16(8)20(17,18)11-4-12(14)10(3)13(15)5-11/h4-5,8-9H,6-7,15H2,1-3H3. The van der Waals surface area contributed by atoms with Gasteiger partial charge >= 0.3 is 0 Å². The Morgan fingerprint density at radius 1 is 1.40 bits per heavy atom. The van der Waals surface area contributed by atoms with Gasteiger partial charge in [-0.2, -0.15) is 4.31 Å². The van der Waals surface area contributed by atoms with Gasteiger partial charge in [-0.15, -0.1) is 0 Å². The third-order valence-electron chi connectivity index (χ3n) is 3.52. The molecule has 2 atom stereocenters. The van der Waals surface area contributed by atoms with E-state index in [-0.39, 0.29) is 17.0 Å². The third kappa shape index (κ3) is 2.79. The van der Waals surface area contributed by atoms with E-state index in [0.717, 1.165) is 0 Å². The number of hydrogen-bond acceptors (Lipinski definition) is 4. The van der Waals surface area contributed by atoms with Crippen LogP contribution in [0, 0.1) is 6.92 Å². The molecule has 0 bridgehead atoms. The van der Waals surface area contributed by atoms with Crippen LogP contribution in [0.2, 0.25) is 5.02 Å². The summed E-state index contributed by atoms with van der Waals surface area (Å²) in [5.41, 5.74) is 6.89. The number of rotatable bonds is 2. The van der Waals surface area contributed by atoms with Crippen LogP contribution in [0.3, 0.4) is 0 Å². The van der Waals surface area contributed by atoms with Gasteiger partial charge in [-0.25, -0.2) is 8.42 Å². The molecule has 1 aromatic carbocycles. The molecule has 0 saturated carbocycles. The molecule has 7 heteroatoms. The fourth-order valence-electron chi connectivity index (χ4n) is 2.17. The largest absolute Gasteiger partial charge is 0.398 e. The van der Waals surface area contributed by atoms with E-state index < -0.39 is 10.0 Å². The van der Waals surface area contributed by atoms with Crippen molar-refractivity contribution in [1.82, 2.24) is 4.31 Å². The summed E-state index contributed by atoms with van der Waals surface area (Å²) in [6, 6.07) is 2.70. The molecule has 2 N–H and O–H groups in total. The maximum atomic E-state index is 12.7. The van der Waals surface area contributed by atoms with Gasteiger partial charge in [0.05, 0.1) is 17.6 Å². The summed E-state index contributed by atoms with van der Waals surface area (Å²) in [4.78, 5) is 0.131. The number of anilines is 1. The van der Waals surface area contributed by atoms with Crippen LogP contribution in [0.5, 0.6) is 0 Å². The topological polar surface area (TPSA) is 72.6 Å². The van der Waals surface area contributed by atoms with Crippen LogP contribution in [0.1, 0.15) is 19.4 Å². The van der Waals surface area contributed by atoms with Crippen molar-refractivity contribution in [3.8, 4) is 0 Å². The Balaban J connectivity index is 2.44. The van der Waals surface area contributed by atoms with Gasteiger partial charge in [0, 0.05) is 23.3 Å². The highest BCUT2D eigenvalue weighted by Crippen LogP contribution is 2.29. The number of nitrogen functional groups attached to an aromatic ring is 1. The van der Waals surface area contributed by atoms with Crippen molar-refractivity contribution in [3.63, 3.8) is 0 Å². The smallest absolute Gasteiger partial charge is 0.243 e. The molecule has 1 aromatic rings. The van der Waals surface area contributed by atoms with E-state index in [9.17, 15) is 8.42 Å². The molecule has 1 aliphatic rings. The van der Waals surface area contributed by atoms with E-state index >= 15 is 0 Å². The first-order valence-corrected chi connectivity index (χ1v) is 8.24. The number of ether oxygens (including phenoxy) is 1. The Labute approximate surface area is 124 Å². The molecule has 1 heterocycles. The van der Waals surface area contributed by atoms with E-state index in [0.29, 0.717) is 29.4 Å². The van der Waals surface area contributed by atoms with Gasteiger partial charge in [-0.3, -0.25) is 0 Å². The third-order valence-corrected chi connectivity index (χ3v) is 5.87. The number of hydrogen-bond donors (Lipinski definition) is 1. The number of morpholine rings is 1. The lowest BCUT2D eigenvalue weighted by Gasteiger charge is -2.35. The first-order chi connectivity index (χ1) is 9.23. The minimum absolute atomic E-state index is 0.126. The van der Waals surface area contributed by atoms with Crippen molar-refractivity contribution in [3.05, 3.63) is 22.7 Å². The van der Waals surface area contributed by atoms with Gasteiger partial charge in [-0.1, -0.05) is 11.6 Å². The summed E-state index contributed by atoms with van der Waals surface area (Å²) in [7, 11) is -3.62. The summed E-state index contributed by atoms with van der Waals surface area (Å²) < 4.78 is 32.3. The monoisotopic (exact) mass is 318 g/mol. The first kappa shape index (κ1) is 15.6. The van der Waals surface area contributed by atoms with Crippen LogP contribution in [-0.4, -0.2) is 38.0 Å². The van der Waals surface area contributed by atoms with Crippen molar-refractivity contribution in [2.45, 2.75) is 37.8 Å². The Hall–Kier alpha value is -0.820. The summed E-state index contributed by atoms with van der Waals surface area (Å²) in [6.45, 7) is 6.14. The summed E-state index contributed by atoms with van der Waals surface area (Å²) >= 11 is 6.04. The van der Waals surface area contributed by atoms with Crippen molar-refractivity contribution in [2.75, 3.05) is 18.9 Å². The molecular formula is C13H19ClN2O3S. The van der Waals surface area contributed by atoms with Gasteiger partial charge in [0.2, 0.25) is 10.0 Å². The average molecular weight is 319 g/mol. The number of nitrogens with zero attached hydrogens (tertiary/aromatic N) is 1. The van der Waals surface area contributed by atoms with E-state index in [4.69, 9.17) is 22.1 Å². The minimum Gasteiger partial charge on any atom is -0.398 e. The number of nitrogens with two attached hydrogens (primary N) is 1. The highest BCUT2D eigenvalue weighted by atomic mass is 35.5. The Morgan fingerprint density at radius 2 is 2.05 bits per heavy atom. The van der Waals surface area contributed by atoms with Gasteiger partial charge in [0.15, 0.2) is 0 Å². The maximum absolute atomic E-state index is 12.7. The second-order valence-corrected chi connectivity index (χ2v) is 7.48. The number of sulfonamides is 1. The zero-order valence-electron chi connectivity index (χ0n) is 11.8. The predicted molar refractivity (Wildman–Crippen MR) is 79.4 cm³/mol. The lowest BCUT2D eigenvalue weighted by atomic mass is 10.2. The van der Waals surface area contributed by atoms with Crippen LogP contribution < -0.4 is 5.73 Å². The van der Waals surface area contributed by atoms with Gasteiger partial charge in [-0.05, 0) is 38.5 Å². The average Bonchev–Trinajstić information content (AvgIpc) is 2.38. The Bertz CT molecular complexity index is 595.